The Morgan fingerprint density at radius 2 is 2.21 bits per heavy atom. The van der Waals surface area contributed by atoms with E-state index in [-0.39, 0.29) is 0 Å². The summed E-state index contributed by atoms with van der Waals surface area (Å²) in [6.07, 6.45) is 5.04. The minimum Gasteiger partial charge on any atom is -0.493 e. The van der Waals surface area contributed by atoms with Crippen LogP contribution < -0.4 is 10.5 Å². The van der Waals surface area contributed by atoms with Gasteiger partial charge in [0.05, 0.1) is 6.61 Å². The van der Waals surface area contributed by atoms with Gasteiger partial charge in [0.2, 0.25) is 0 Å². The molecule has 1 aromatic carbocycles. The summed E-state index contributed by atoms with van der Waals surface area (Å²) in [5.41, 5.74) is 6.49. The third kappa shape index (κ3) is 3.87. The number of likely N-dealkylation sites (tertiary alicyclic amines) is 1. The third-order valence-electron chi connectivity index (χ3n) is 4.11. The van der Waals surface area contributed by atoms with Crippen molar-refractivity contribution in [1.29, 1.82) is 0 Å². The molecule has 0 aromatic heterocycles. The summed E-state index contributed by atoms with van der Waals surface area (Å²) in [5, 5.41) is 0. The van der Waals surface area contributed by atoms with E-state index in [0.717, 1.165) is 43.1 Å². The first-order valence-electron chi connectivity index (χ1n) is 7.44. The molecule has 1 fully saturated rings. The van der Waals surface area contributed by atoms with E-state index in [1.54, 1.807) is 0 Å². The number of hydrogen-bond acceptors (Lipinski definition) is 3. The highest BCUT2D eigenvalue weighted by Crippen LogP contribution is 2.25. The van der Waals surface area contributed by atoms with Crippen molar-refractivity contribution < 1.29 is 4.74 Å². The van der Waals surface area contributed by atoms with Gasteiger partial charge >= 0.3 is 0 Å². The minimum atomic E-state index is 0.734. The van der Waals surface area contributed by atoms with Crippen LogP contribution in [0.5, 0.6) is 5.75 Å². The molecule has 2 atom stereocenters. The minimum absolute atomic E-state index is 0.734. The second kappa shape index (κ2) is 6.80. The van der Waals surface area contributed by atoms with Crippen molar-refractivity contribution in [3.63, 3.8) is 0 Å². The maximum atomic E-state index is 5.74. The van der Waals surface area contributed by atoms with Crippen LogP contribution in [0.2, 0.25) is 0 Å². The van der Waals surface area contributed by atoms with Gasteiger partial charge in [0.25, 0.3) is 0 Å². The van der Waals surface area contributed by atoms with Crippen LogP contribution in [0.3, 0.4) is 0 Å². The Bertz CT molecular complexity index is 394. The predicted molar refractivity (Wildman–Crippen MR) is 80.4 cm³/mol. The average Bonchev–Trinajstić information content (AvgIpc) is 2.75. The Hall–Kier alpha value is -1.22. The van der Waals surface area contributed by atoms with Crippen LogP contribution in [0.25, 0.3) is 0 Å². The van der Waals surface area contributed by atoms with Crippen molar-refractivity contribution in [1.82, 2.24) is 4.90 Å². The third-order valence-corrected chi connectivity index (χ3v) is 4.11. The fourth-order valence-electron chi connectivity index (χ4n) is 3.01. The van der Waals surface area contributed by atoms with E-state index in [4.69, 9.17) is 10.5 Å². The Balaban J connectivity index is 1.72. The second-order valence-electron chi connectivity index (χ2n) is 5.50. The molecular formula is C16H26N2O. The molecule has 2 unspecified atom stereocenters. The summed E-state index contributed by atoms with van der Waals surface area (Å²) in [4.78, 5) is 2.64. The molecule has 2 rings (SSSR count). The number of hydrogen-bond donors (Lipinski definition) is 1. The summed E-state index contributed by atoms with van der Waals surface area (Å²) in [6.45, 7) is 6.54. The number of benzene rings is 1. The van der Waals surface area contributed by atoms with Gasteiger partial charge in [0, 0.05) is 30.4 Å². The molecule has 0 aliphatic carbocycles. The van der Waals surface area contributed by atoms with Gasteiger partial charge in [-0.25, -0.2) is 0 Å². The van der Waals surface area contributed by atoms with Gasteiger partial charge in [-0.2, -0.15) is 0 Å². The molecule has 1 heterocycles. The first-order chi connectivity index (χ1) is 9.20. The van der Waals surface area contributed by atoms with Crippen molar-refractivity contribution in [2.45, 2.75) is 51.6 Å². The van der Waals surface area contributed by atoms with E-state index in [9.17, 15) is 0 Å². The second-order valence-corrected chi connectivity index (χ2v) is 5.50. The first kappa shape index (κ1) is 14.2. The lowest BCUT2D eigenvalue weighted by atomic mass is 10.1. The van der Waals surface area contributed by atoms with Crippen molar-refractivity contribution in [3.05, 3.63) is 24.3 Å². The molecule has 1 aromatic rings. The van der Waals surface area contributed by atoms with E-state index >= 15 is 0 Å². The lowest BCUT2D eigenvalue weighted by Gasteiger charge is -2.27. The van der Waals surface area contributed by atoms with E-state index in [1.165, 1.54) is 19.3 Å². The van der Waals surface area contributed by atoms with Crippen LogP contribution in [0, 0.1) is 0 Å². The van der Waals surface area contributed by atoms with E-state index in [1.807, 2.05) is 24.3 Å². The topological polar surface area (TPSA) is 38.5 Å². The van der Waals surface area contributed by atoms with Crippen LogP contribution in [0.15, 0.2) is 24.3 Å². The van der Waals surface area contributed by atoms with Crippen LogP contribution in [-0.4, -0.2) is 30.1 Å². The summed E-state index contributed by atoms with van der Waals surface area (Å²) >= 11 is 0. The van der Waals surface area contributed by atoms with Crippen molar-refractivity contribution in [3.8, 4) is 5.75 Å². The molecule has 3 heteroatoms. The number of anilines is 1. The normalized spacial score (nSPS) is 23.7. The molecule has 1 aliphatic heterocycles. The molecule has 0 saturated carbocycles. The Morgan fingerprint density at radius 3 is 2.95 bits per heavy atom. The summed E-state index contributed by atoms with van der Waals surface area (Å²) in [6, 6.07) is 9.17. The zero-order chi connectivity index (χ0) is 13.7. The highest BCUT2D eigenvalue weighted by molar-refractivity contribution is 5.43. The lowest BCUT2D eigenvalue weighted by molar-refractivity contribution is 0.179. The van der Waals surface area contributed by atoms with E-state index in [0.29, 0.717) is 0 Å². The largest absolute Gasteiger partial charge is 0.493 e. The standard InChI is InChI=1S/C16H26N2O/c1-3-15-9-8-13(2)18(15)10-5-11-19-16-7-4-6-14(17)12-16/h4,6-7,12-13,15H,3,5,8-11,17H2,1-2H3. The fraction of sp³-hybridized carbons (Fsp3) is 0.625. The van der Waals surface area contributed by atoms with Crippen LogP contribution in [0.4, 0.5) is 5.69 Å². The number of nitrogen functional groups attached to an aromatic ring is 1. The molecular weight excluding hydrogens is 236 g/mol. The Morgan fingerprint density at radius 1 is 1.37 bits per heavy atom. The molecule has 1 saturated heterocycles. The summed E-state index contributed by atoms with van der Waals surface area (Å²) < 4.78 is 5.74. The monoisotopic (exact) mass is 262 g/mol. The molecule has 0 radical (unpaired) electrons. The lowest BCUT2D eigenvalue weighted by Crippen LogP contribution is -2.35. The predicted octanol–water partition coefficient (Wildman–Crippen LogP) is 3.30. The molecule has 0 amide bonds. The number of ether oxygens (including phenoxy) is 1. The SMILES string of the molecule is CCC1CCC(C)N1CCCOc1cccc(N)c1. The van der Waals surface area contributed by atoms with Gasteiger partial charge in [0.1, 0.15) is 5.75 Å². The summed E-state index contributed by atoms with van der Waals surface area (Å²) in [5.74, 6) is 0.876. The van der Waals surface area contributed by atoms with Crippen molar-refractivity contribution in [2.24, 2.45) is 0 Å². The van der Waals surface area contributed by atoms with Gasteiger partial charge in [0.15, 0.2) is 0 Å². The highest BCUT2D eigenvalue weighted by atomic mass is 16.5. The van der Waals surface area contributed by atoms with Crippen LogP contribution in [-0.2, 0) is 0 Å². The number of nitrogens with zero attached hydrogens (tertiary/aromatic N) is 1. The van der Waals surface area contributed by atoms with E-state index < -0.39 is 0 Å². The van der Waals surface area contributed by atoms with Crippen LogP contribution >= 0.6 is 0 Å². The molecule has 0 spiro atoms. The number of nitrogens with two attached hydrogens (primary N) is 1. The average molecular weight is 262 g/mol. The maximum Gasteiger partial charge on any atom is 0.121 e. The summed E-state index contributed by atoms with van der Waals surface area (Å²) in [7, 11) is 0. The van der Waals surface area contributed by atoms with Crippen LogP contribution in [0.1, 0.15) is 39.5 Å². The quantitative estimate of drug-likeness (QED) is 0.631. The smallest absolute Gasteiger partial charge is 0.121 e. The van der Waals surface area contributed by atoms with Gasteiger partial charge in [-0.05, 0) is 44.7 Å². The first-order valence-corrected chi connectivity index (χ1v) is 7.44. The van der Waals surface area contributed by atoms with Gasteiger partial charge in [-0.1, -0.05) is 13.0 Å². The Kier molecular flexibility index (Phi) is 5.08. The maximum absolute atomic E-state index is 5.74. The Labute approximate surface area is 116 Å². The van der Waals surface area contributed by atoms with Gasteiger partial charge < -0.3 is 10.5 Å². The van der Waals surface area contributed by atoms with Gasteiger partial charge in [-0.3, -0.25) is 4.90 Å². The molecule has 1 aliphatic rings. The van der Waals surface area contributed by atoms with Gasteiger partial charge in [-0.15, -0.1) is 0 Å². The van der Waals surface area contributed by atoms with Crippen molar-refractivity contribution in [2.75, 3.05) is 18.9 Å². The molecule has 2 N–H and O–H groups in total. The molecule has 106 valence electrons. The molecule has 0 bridgehead atoms. The van der Waals surface area contributed by atoms with E-state index in [2.05, 4.69) is 18.7 Å². The molecule has 19 heavy (non-hydrogen) atoms. The zero-order valence-electron chi connectivity index (χ0n) is 12.1. The fourth-order valence-corrected chi connectivity index (χ4v) is 3.01. The number of rotatable bonds is 6. The zero-order valence-corrected chi connectivity index (χ0v) is 12.1. The molecule has 3 nitrogen and oxygen atoms in total. The highest BCUT2D eigenvalue weighted by Gasteiger charge is 2.28. The van der Waals surface area contributed by atoms with Crippen molar-refractivity contribution >= 4 is 5.69 Å².